The second-order valence-electron chi connectivity index (χ2n) is 6.34. The minimum atomic E-state index is -0.195. The van der Waals surface area contributed by atoms with Gasteiger partial charge in [0.05, 0.1) is 21.3 Å². The van der Waals surface area contributed by atoms with E-state index in [1.54, 1.807) is 18.3 Å². The smallest absolute Gasteiger partial charge is 0.203 e. The molecule has 0 radical (unpaired) electrons. The maximum absolute atomic E-state index is 13.5. The molecule has 2 N–H and O–H groups in total. The van der Waals surface area contributed by atoms with Gasteiger partial charge in [0.1, 0.15) is 5.01 Å². The van der Waals surface area contributed by atoms with Gasteiger partial charge in [0.2, 0.25) is 5.75 Å². The summed E-state index contributed by atoms with van der Waals surface area (Å²) < 4.78 is 16.1. The highest BCUT2D eigenvalue weighted by atomic mass is 32.1. The molecule has 0 aliphatic heterocycles. The molecule has 0 amide bonds. The average molecular weight is 429 g/mol. The fraction of sp³-hybridized carbons (Fsp3) is 0.273. The number of thiazole rings is 1. The Morgan fingerprint density at radius 2 is 1.83 bits per heavy atom. The second kappa shape index (κ2) is 10.1. The fourth-order valence-electron chi connectivity index (χ4n) is 3.06. The lowest BCUT2D eigenvalue weighted by molar-refractivity contribution is 0.103. The number of rotatable bonds is 10. The Bertz CT molecular complexity index is 980. The molecule has 7 nitrogen and oxygen atoms in total. The quantitative estimate of drug-likeness (QED) is 0.374. The lowest BCUT2D eigenvalue weighted by Gasteiger charge is -2.16. The first-order valence-electron chi connectivity index (χ1n) is 9.36. The van der Waals surface area contributed by atoms with Crippen molar-refractivity contribution < 1.29 is 24.1 Å². The van der Waals surface area contributed by atoms with Crippen LogP contribution in [0.3, 0.4) is 0 Å². The van der Waals surface area contributed by atoms with Crippen LogP contribution in [0.2, 0.25) is 0 Å². The van der Waals surface area contributed by atoms with E-state index >= 15 is 0 Å². The van der Waals surface area contributed by atoms with Gasteiger partial charge in [0.25, 0.3) is 0 Å². The summed E-state index contributed by atoms with van der Waals surface area (Å²) in [5, 5.41) is 15.0. The molecule has 1 aromatic heterocycles. The van der Waals surface area contributed by atoms with Crippen molar-refractivity contribution in [3.8, 4) is 27.8 Å². The van der Waals surface area contributed by atoms with Gasteiger partial charge in [0, 0.05) is 47.1 Å². The Morgan fingerprint density at radius 1 is 1.10 bits per heavy atom. The molecular weight excluding hydrogens is 404 g/mol. The van der Waals surface area contributed by atoms with Gasteiger partial charge in [-0.2, -0.15) is 0 Å². The molecule has 0 aliphatic carbocycles. The molecule has 0 saturated carbocycles. The topological polar surface area (TPSA) is 89.9 Å². The molecule has 0 fully saturated rings. The molecule has 3 rings (SSSR count). The van der Waals surface area contributed by atoms with Gasteiger partial charge in [-0.05, 0) is 36.8 Å². The number of hydrogen-bond acceptors (Lipinski definition) is 8. The van der Waals surface area contributed by atoms with Crippen molar-refractivity contribution in [3.63, 3.8) is 0 Å². The van der Waals surface area contributed by atoms with Crippen LogP contribution in [0.4, 0.5) is 5.69 Å². The van der Waals surface area contributed by atoms with Crippen LogP contribution in [0.25, 0.3) is 10.6 Å². The molecule has 0 atom stereocenters. The summed E-state index contributed by atoms with van der Waals surface area (Å²) in [5.41, 5.74) is 2.44. The number of aromatic nitrogens is 1. The second-order valence-corrected chi connectivity index (χ2v) is 7.24. The van der Waals surface area contributed by atoms with E-state index in [1.165, 1.54) is 32.7 Å². The monoisotopic (exact) mass is 428 g/mol. The minimum absolute atomic E-state index is 0.0698. The largest absolute Gasteiger partial charge is 0.493 e. The first-order chi connectivity index (χ1) is 14.6. The van der Waals surface area contributed by atoms with E-state index in [0.717, 1.165) is 10.6 Å². The minimum Gasteiger partial charge on any atom is -0.493 e. The lowest BCUT2D eigenvalue weighted by atomic mass is 9.98. The number of methoxy groups -OCH3 is 3. The van der Waals surface area contributed by atoms with Crippen LogP contribution in [-0.4, -0.2) is 50.4 Å². The molecule has 8 heteroatoms. The zero-order valence-corrected chi connectivity index (χ0v) is 17.9. The highest BCUT2D eigenvalue weighted by molar-refractivity contribution is 7.13. The van der Waals surface area contributed by atoms with Crippen molar-refractivity contribution in [1.82, 2.24) is 4.98 Å². The maximum Gasteiger partial charge on any atom is 0.203 e. The summed E-state index contributed by atoms with van der Waals surface area (Å²) in [6, 6.07) is 8.88. The van der Waals surface area contributed by atoms with Crippen LogP contribution >= 0.6 is 11.3 Å². The predicted molar refractivity (Wildman–Crippen MR) is 117 cm³/mol. The SMILES string of the molecule is COc1cc(C(=O)c2cc(-c3nccs3)ccc2NCCCO)cc(OC)c1OC. The standard InChI is InChI=1S/C22H24N2O5S/c1-27-18-12-15(13-19(28-2)21(18)29-3)20(26)16-11-14(22-24-8-10-30-22)5-6-17(16)23-7-4-9-25/h5-6,8,10-13,23,25H,4,7,9H2,1-3H3. The van der Waals surface area contributed by atoms with Crippen molar-refractivity contribution in [2.75, 3.05) is 39.8 Å². The van der Waals surface area contributed by atoms with Crippen molar-refractivity contribution >= 4 is 22.8 Å². The van der Waals surface area contributed by atoms with Gasteiger partial charge in [-0.1, -0.05) is 0 Å². The molecule has 0 saturated heterocycles. The van der Waals surface area contributed by atoms with Crippen LogP contribution in [0.15, 0.2) is 41.9 Å². The molecular formula is C22H24N2O5S. The number of aliphatic hydroxyl groups excluding tert-OH is 1. The van der Waals surface area contributed by atoms with Gasteiger partial charge in [-0.25, -0.2) is 4.98 Å². The third kappa shape index (κ3) is 4.55. The third-order valence-corrected chi connectivity index (χ3v) is 5.34. The highest BCUT2D eigenvalue weighted by Crippen LogP contribution is 2.39. The number of ether oxygens (including phenoxy) is 3. The number of carbonyl (C=O) groups excluding carboxylic acids is 1. The molecule has 0 spiro atoms. The summed E-state index contributed by atoms with van der Waals surface area (Å²) in [6.07, 6.45) is 2.31. The van der Waals surface area contributed by atoms with Gasteiger partial charge >= 0.3 is 0 Å². The number of hydrogen-bond donors (Lipinski definition) is 2. The number of aliphatic hydroxyl groups is 1. The van der Waals surface area contributed by atoms with Gasteiger partial charge < -0.3 is 24.6 Å². The van der Waals surface area contributed by atoms with Crippen molar-refractivity contribution in [3.05, 3.63) is 53.0 Å². The van der Waals surface area contributed by atoms with E-state index in [4.69, 9.17) is 19.3 Å². The van der Waals surface area contributed by atoms with Crippen LogP contribution in [0, 0.1) is 0 Å². The molecule has 0 unspecified atom stereocenters. The van der Waals surface area contributed by atoms with E-state index in [-0.39, 0.29) is 12.4 Å². The lowest BCUT2D eigenvalue weighted by Crippen LogP contribution is -2.11. The van der Waals surface area contributed by atoms with Crippen LogP contribution in [-0.2, 0) is 0 Å². The number of ketones is 1. The van der Waals surface area contributed by atoms with E-state index < -0.39 is 0 Å². The third-order valence-electron chi connectivity index (χ3n) is 4.52. The van der Waals surface area contributed by atoms with Crippen LogP contribution in [0.1, 0.15) is 22.3 Å². The molecule has 2 aromatic carbocycles. The van der Waals surface area contributed by atoms with Gasteiger partial charge in [-0.3, -0.25) is 4.79 Å². The van der Waals surface area contributed by atoms with E-state index in [1.807, 2.05) is 23.6 Å². The molecule has 158 valence electrons. The Labute approximate surface area is 179 Å². The first kappa shape index (κ1) is 21.6. The Hall–Kier alpha value is -3.10. The number of benzene rings is 2. The maximum atomic E-state index is 13.5. The van der Waals surface area contributed by atoms with Crippen LogP contribution in [0.5, 0.6) is 17.2 Å². The Kier molecular flexibility index (Phi) is 7.26. The number of nitrogens with one attached hydrogen (secondary N) is 1. The van der Waals surface area contributed by atoms with Gasteiger partial charge in [0.15, 0.2) is 17.3 Å². The summed E-state index contributed by atoms with van der Waals surface area (Å²) in [7, 11) is 4.54. The van der Waals surface area contributed by atoms with E-state index in [0.29, 0.717) is 47.0 Å². The zero-order chi connectivity index (χ0) is 21.5. The zero-order valence-electron chi connectivity index (χ0n) is 17.1. The normalized spacial score (nSPS) is 10.5. The molecule has 3 aromatic rings. The van der Waals surface area contributed by atoms with E-state index in [9.17, 15) is 4.79 Å². The van der Waals surface area contributed by atoms with Crippen molar-refractivity contribution in [1.29, 1.82) is 0 Å². The Balaban J connectivity index is 2.07. The number of anilines is 1. The molecule has 0 bridgehead atoms. The predicted octanol–water partition coefficient (Wildman–Crippen LogP) is 3.86. The summed E-state index contributed by atoms with van der Waals surface area (Å²) >= 11 is 1.50. The van der Waals surface area contributed by atoms with E-state index in [2.05, 4.69) is 10.3 Å². The average Bonchev–Trinajstić information content (AvgIpc) is 3.32. The number of nitrogens with zero attached hydrogens (tertiary/aromatic N) is 1. The first-order valence-corrected chi connectivity index (χ1v) is 10.2. The number of carbonyl (C=O) groups is 1. The fourth-order valence-corrected chi connectivity index (χ4v) is 3.69. The van der Waals surface area contributed by atoms with Crippen molar-refractivity contribution in [2.24, 2.45) is 0 Å². The molecule has 30 heavy (non-hydrogen) atoms. The van der Waals surface area contributed by atoms with Gasteiger partial charge in [-0.15, -0.1) is 11.3 Å². The van der Waals surface area contributed by atoms with Crippen LogP contribution < -0.4 is 19.5 Å². The summed E-state index contributed by atoms with van der Waals surface area (Å²) in [4.78, 5) is 17.8. The molecule has 1 heterocycles. The summed E-state index contributed by atoms with van der Waals surface area (Å²) in [6.45, 7) is 0.614. The Morgan fingerprint density at radius 3 is 2.40 bits per heavy atom. The van der Waals surface area contributed by atoms with Crippen molar-refractivity contribution in [2.45, 2.75) is 6.42 Å². The summed E-state index contributed by atoms with van der Waals surface area (Å²) in [5.74, 6) is 1.05. The molecule has 0 aliphatic rings. The highest BCUT2D eigenvalue weighted by Gasteiger charge is 2.21.